The van der Waals surface area contributed by atoms with Crippen LogP contribution >= 0.6 is 0 Å². The van der Waals surface area contributed by atoms with Gasteiger partial charge in [-0.2, -0.15) is 13.2 Å². The van der Waals surface area contributed by atoms with Crippen LogP contribution in [0.15, 0.2) is 51.1 Å². The molecular weight excluding hydrogens is 628 g/mol. The molecule has 1 aliphatic heterocycles. The van der Waals surface area contributed by atoms with E-state index in [1.165, 1.54) is 13.8 Å². The van der Waals surface area contributed by atoms with Crippen LogP contribution < -0.4 is 4.74 Å². The molecule has 1 aliphatic rings. The maximum absolute atomic E-state index is 13.4. The highest BCUT2D eigenvalue weighted by Gasteiger charge is 2.50. The summed E-state index contributed by atoms with van der Waals surface area (Å²) in [5.74, 6) is -3.33. The lowest BCUT2D eigenvalue weighted by Gasteiger charge is -2.47. The average molecular weight is 652 g/mol. The van der Waals surface area contributed by atoms with Crippen molar-refractivity contribution in [3.05, 3.63) is 47.5 Å². The van der Waals surface area contributed by atoms with Gasteiger partial charge in [-0.25, -0.2) is 25.3 Å². The minimum Gasteiger partial charge on any atom is -0.406 e. The van der Waals surface area contributed by atoms with Gasteiger partial charge in [-0.05, 0) is 32.0 Å². The van der Waals surface area contributed by atoms with E-state index in [0.29, 0.717) is 36.8 Å². The van der Waals surface area contributed by atoms with Gasteiger partial charge in [-0.1, -0.05) is 6.07 Å². The number of carbonyl (C=O) groups is 1. The Balaban J connectivity index is 2.01. The van der Waals surface area contributed by atoms with Crippen LogP contribution in [0, 0.1) is 5.92 Å². The first kappa shape index (κ1) is 32.7. The van der Waals surface area contributed by atoms with E-state index in [0.717, 1.165) is 17.0 Å². The van der Waals surface area contributed by atoms with Crippen LogP contribution in [0.4, 0.5) is 26.3 Å². The number of hydrogen-bond acceptors (Lipinski definition) is 8. The Morgan fingerprint density at radius 2 is 1.34 bits per heavy atom. The molecular formula is C23H23F6NO8S3. The Bertz CT molecular complexity index is 1650. The fourth-order valence-electron chi connectivity index (χ4n) is 4.16. The van der Waals surface area contributed by atoms with Gasteiger partial charge >= 0.3 is 12.5 Å². The van der Waals surface area contributed by atoms with E-state index in [2.05, 4.69) is 4.74 Å². The van der Waals surface area contributed by atoms with Gasteiger partial charge in [0.1, 0.15) is 5.75 Å². The molecule has 9 nitrogen and oxygen atoms in total. The Morgan fingerprint density at radius 1 is 0.854 bits per heavy atom. The molecule has 1 saturated heterocycles. The summed E-state index contributed by atoms with van der Waals surface area (Å²) in [5, 5.41) is 0. The number of sulfone groups is 3. The van der Waals surface area contributed by atoms with Gasteiger partial charge in [-0.3, -0.25) is 4.79 Å². The molecule has 0 aromatic heterocycles. The largest absolute Gasteiger partial charge is 0.573 e. The van der Waals surface area contributed by atoms with Crippen molar-refractivity contribution in [1.82, 2.24) is 4.90 Å². The molecule has 0 bridgehead atoms. The van der Waals surface area contributed by atoms with Crippen molar-refractivity contribution < 1.29 is 61.1 Å². The SMILES string of the molecule is CC(C)(C1CN(C(=O)c2c(S(C)(=O)=O)cc(OC(F)(F)F)cc2S(C)(=O)=O)C1)S(=O)(=O)c1cccc(C(F)(F)F)c1. The molecule has 0 spiro atoms. The molecule has 2 aromatic rings. The van der Waals surface area contributed by atoms with Gasteiger partial charge in [0.2, 0.25) is 0 Å². The molecule has 228 valence electrons. The van der Waals surface area contributed by atoms with Crippen LogP contribution in [0.25, 0.3) is 0 Å². The lowest BCUT2D eigenvalue weighted by atomic mass is 9.87. The van der Waals surface area contributed by atoms with E-state index in [4.69, 9.17) is 0 Å². The number of nitrogens with zero attached hydrogens (tertiary/aromatic N) is 1. The minimum absolute atomic E-state index is 0.351. The van der Waals surface area contributed by atoms with Crippen molar-refractivity contribution in [2.45, 2.75) is 45.8 Å². The van der Waals surface area contributed by atoms with E-state index in [-0.39, 0.29) is 0 Å². The number of alkyl halides is 6. The van der Waals surface area contributed by atoms with Crippen LogP contribution in [0.1, 0.15) is 29.8 Å². The van der Waals surface area contributed by atoms with Gasteiger partial charge in [0.05, 0.1) is 30.6 Å². The topological polar surface area (TPSA) is 132 Å². The summed E-state index contributed by atoms with van der Waals surface area (Å²) in [7, 11) is -13.5. The highest BCUT2D eigenvalue weighted by atomic mass is 32.2. The van der Waals surface area contributed by atoms with Crippen molar-refractivity contribution >= 4 is 35.4 Å². The predicted molar refractivity (Wildman–Crippen MR) is 131 cm³/mol. The van der Waals surface area contributed by atoms with Gasteiger partial charge < -0.3 is 9.64 Å². The molecule has 1 fully saturated rings. The molecule has 0 N–H and O–H groups in total. The zero-order valence-electron chi connectivity index (χ0n) is 21.7. The Kier molecular flexibility index (Phi) is 8.08. The van der Waals surface area contributed by atoms with E-state index in [1.54, 1.807) is 0 Å². The second kappa shape index (κ2) is 10.1. The van der Waals surface area contributed by atoms with Crippen molar-refractivity contribution in [1.29, 1.82) is 0 Å². The first-order valence-electron chi connectivity index (χ1n) is 11.3. The standard InChI is InChI=1S/C23H23F6NO8S3/c1-21(2,41(36,37)16-7-5-6-13(8-16)22(24,25)26)14-11-30(12-14)20(31)19-17(39(3,32)33)9-15(38-23(27,28)29)10-18(19)40(4,34)35/h5-10,14H,11-12H2,1-4H3. The summed E-state index contributed by atoms with van der Waals surface area (Å²) in [6, 6.07) is 3.77. The fourth-order valence-corrected chi connectivity index (χ4v) is 7.76. The molecule has 3 rings (SSSR count). The number of likely N-dealkylation sites (tertiary alicyclic amines) is 1. The first-order chi connectivity index (χ1) is 18.3. The normalized spacial score (nSPS) is 15.9. The maximum atomic E-state index is 13.4. The molecule has 0 radical (unpaired) electrons. The van der Waals surface area contributed by atoms with Crippen LogP contribution in [-0.4, -0.2) is 72.8 Å². The maximum Gasteiger partial charge on any atom is 0.573 e. The Labute approximate surface area is 231 Å². The molecule has 0 atom stereocenters. The number of halogens is 6. The summed E-state index contributed by atoms with van der Waals surface area (Å²) in [5.41, 5.74) is -2.15. The van der Waals surface area contributed by atoms with Crippen molar-refractivity contribution in [2.75, 3.05) is 25.6 Å². The second-order valence-electron chi connectivity index (χ2n) is 9.93. The minimum atomic E-state index is -5.32. The number of rotatable bonds is 7. The van der Waals surface area contributed by atoms with Crippen LogP contribution in [0.5, 0.6) is 5.75 Å². The molecule has 1 amide bonds. The Morgan fingerprint density at radius 3 is 1.76 bits per heavy atom. The zero-order valence-corrected chi connectivity index (χ0v) is 24.1. The third-order valence-corrected chi connectivity index (χ3v) is 11.4. The Hall–Kier alpha value is -2.86. The molecule has 41 heavy (non-hydrogen) atoms. The molecule has 0 unspecified atom stereocenters. The van der Waals surface area contributed by atoms with E-state index in [1.807, 2.05) is 0 Å². The molecule has 0 saturated carbocycles. The summed E-state index contributed by atoms with van der Waals surface area (Å²) in [6.45, 7) is 1.67. The smallest absolute Gasteiger partial charge is 0.406 e. The van der Waals surface area contributed by atoms with Crippen molar-refractivity contribution in [2.24, 2.45) is 5.92 Å². The summed E-state index contributed by atoms with van der Waals surface area (Å²) in [6.07, 6.45) is -9.07. The van der Waals surface area contributed by atoms with Crippen molar-refractivity contribution in [3.63, 3.8) is 0 Å². The number of amides is 1. The number of benzene rings is 2. The summed E-state index contributed by atoms with van der Waals surface area (Å²) in [4.78, 5) is 11.5. The van der Waals surface area contributed by atoms with Gasteiger partial charge in [0, 0.05) is 43.7 Å². The second-order valence-corrected chi connectivity index (χ2v) is 16.4. The zero-order chi connectivity index (χ0) is 31.6. The van der Waals surface area contributed by atoms with Crippen molar-refractivity contribution in [3.8, 4) is 5.75 Å². The monoisotopic (exact) mass is 651 g/mol. The molecule has 1 heterocycles. The van der Waals surface area contributed by atoms with E-state index in [9.17, 15) is 56.4 Å². The van der Waals surface area contributed by atoms with Crippen LogP contribution in [0.3, 0.4) is 0 Å². The molecule has 0 aliphatic carbocycles. The predicted octanol–water partition coefficient (Wildman–Crippen LogP) is 3.74. The van der Waals surface area contributed by atoms with Crippen LogP contribution in [-0.2, 0) is 35.7 Å². The van der Waals surface area contributed by atoms with E-state index >= 15 is 0 Å². The average Bonchev–Trinajstić information content (AvgIpc) is 2.74. The third kappa shape index (κ3) is 6.63. The summed E-state index contributed by atoms with van der Waals surface area (Å²) < 4.78 is 156. The highest BCUT2D eigenvalue weighted by Crippen LogP contribution is 2.41. The van der Waals surface area contributed by atoms with Gasteiger partial charge in [0.15, 0.2) is 29.5 Å². The van der Waals surface area contributed by atoms with Gasteiger partial charge in [-0.15, -0.1) is 13.2 Å². The van der Waals surface area contributed by atoms with Crippen LogP contribution in [0.2, 0.25) is 0 Å². The first-order valence-corrected chi connectivity index (χ1v) is 16.6. The lowest BCUT2D eigenvalue weighted by Crippen LogP contribution is -2.60. The molecule has 2 aromatic carbocycles. The molecule has 18 heteroatoms. The quantitative estimate of drug-likeness (QED) is 0.414. The summed E-state index contributed by atoms with van der Waals surface area (Å²) >= 11 is 0. The fraction of sp³-hybridized carbons (Fsp3) is 0.435. The van der Waals surface area contributed by atoms with Gasteiger partial charge in [0.25, 0.3) is 5.91 Å². The number of hydrogen-bond donors (Lipinski definition) is 0. The number of carbonyl (C=O) groups excluding carboxylic acids is 1. The highest BCUT2D eigenvalue weighted by molar-refractivity contribution is 7.93. The third-order valence-electron chi connectivity index (χ3n) is 6.60. The number of ether oxygens (including phenoxy) is 1. The van der Waals surface area contributed by atoms with E-state index < -0.39 is 103 Å². The lowest BCUT2D eigenvalue weighted by molar-refractivity contribution is -0.274.